The van der Waals surface area contributed by atoms with Gasteiger partial charge in [0, 0.05) is 23.0 Å². The molecule has 1 unspecified atom stereocenters. The number of halogens is 2. The highest BCUT2D eigenvalue weighted by Crippen LogP contribution is 2.25. The van der Waals surface area contributed by atoms with Crippen LogP contribution in [0.5, 0.6) is 0 Å². The molecule has 0 radical (unpaired) electrons. The zero-order chi connectivity index (χ0) is 11.8. The maximum Gasteiger partial charge on any atom is 0.0466 e. The second-order valence-corrected chi connectivity index (χ2v) is 5.31. The van der Waals surface area contributed by atoms with Crippen LogP contribution >= 0.6 is 31.9 Å². The molecule has 0 amide bonds. The first-order valence-electron chi connectivity index (χ1n) is 5.67. The van der Waals surface area contributed by atoms with Crippen molar-refractivity contribution in [3.63, 3.8) is 0 Å². The number of hydrogen-bond donors (Lipinski definition) is 0. The zero-order valence-corrected chi connectivity index (χ0v) is 12.8. The molecule has 0 aliphatic heterocycles. The maximum atomic E-state index is 5.36. The predicted molar refractivity (Wildman–Crippen MR) is 76.4 cm³/mol. The summed E-state index contributed by atoms with van der Waals surface area (Å²) in [5, 5.41) is 1.01. The largest absolute Gasteiger partial charge is 0.382 e. The third-order valence-electron chi connectivity index (χ3n) is 2.55. The van der Waals surface area contributed by atoms with Gasteiger partial charge >= 0.3 is 0 Å². The first kappa shape index (κ1) is 14.2. The van der Waals surface area contributed by atoms with Gasteiger partial charge in [0.25, 0.3) is 0 Å². The van der Waals surface area contributed by atoms with Crippen molar-refractivity contribution < 1.29 is 4.74 Å². The molecule has 0 fully saturated rings. The minimum Gasteiger partial charge on any atom is -0.382 e. The number of benzene rings is 1. The van der Waals surface area contributed by atoms with E-state index in [4.69, 9.17) is 4.74 Å². The van der Waals surface area contributed by atoms with Crippen molar-refractivity contribution in [1.82, 2.24) is 0 Å². The molecule has 0 aromatic heterocycles. The van der Waals surface area contributed by atoms with Crippen LogP contribution in [0.25, 0.3) is 0 Å². The van der Waals surface area contributed by atoms with E-state index >= 15 is 0 Å². The van der Waals surface area contributed by atoms with E-state index in [0.717, 1.165) is 29.4 Å². The standard InChI is InChI=1S/C13H18Br2O/c1-2-16-8-4-6-12(10-14)11-5-3-7-13(15)9-11/h3,5,7,9,12H,2,4,6,8,10H2,1H3. The third-order valence-corrected chi connectivity index (χ3v) is 3.83. The average molecular weight is 350 g/mol. The van der Waals surface area contributed by atoms with Crippen LogP contribution in [-0.4, -0.2) is 18.5 Å². The summed E-state index contributed by atoms with van der Waals surface area (Å²) in [6, 6.07) is 8.55. The number of rotatable bonds is 7. The highest BCUT2D eigenvalue weighted by molar-refractivity contribution is 9.10. The summed E-state index contributed by atoms with van der Waals surface area (Å²) >= 11 is 7.10. The van der Waals surface area contributed by atoms with Crippen LogP contribution in [0.15, 0.2) is 28.7 Å². The zero-order valence-electron chi connectivity index (χ0n) is 9.59. The molecule has 1 aromatic carbocycles. The van der Waals surface area contributed by atoms with Gasteiger partial charge in [0.05, 0.1) is 0 Å². The summed E-state index contributed by atoms with van der Waals surface area (Å²) in [7, 11) is 0. The molecule has 0 spiro atoms. The summed E-state index contributed by atoms with van der Waals surface area (Å²) in [5.74, 6) is 0.581. The van der Waals surface area contributed by atoms with E-state index in [0.29, 0.717) is 5.92 Å². The van der Waals surface area contributed by atoms with E-state index in [9.17, 15) is 0 Å². The highest BCUT2D eigenvalue weighted by Gasteiger charge is 2.09. The minimum absolute atomic E-state index is 0.581. The number of alkyl halides is 1. The number of ether oxygens (including phenoxy) is 1. The quantitative estimate of drug-likeness (QED) is 0.510. The Morgan fingerprint density at radius 2 is 2.19 bits per heavy atom. The molecule has 0 saturated heterocycles. The Kier molecular flexibility index (Phi) is 7.33. The van der Waals surface area contributed by atoms with Crippen molar-refractivity contribution in [2.24, 2.45) is 0 Å². The summed E-state index contributed by atoms with van der Waals surface area (Å²) in [5.41, 5.74) is 1.39. The molecule has 90 valence electrons. The maximum absolute atomic E-state index is 5.36. The molecule has 0 aliphatic rings. The highest BCUT2D eigenvalue weighted by atomic mass is 79.9. The van der Waals surface area contributed by atoms with Crippen LogP contribution in [0.1, 0.15) is 31.2 Å². The topological polar surface area (TPSA) is 9.23 Å². The first-order valence-corrected chi connectivity index (χ1v) is 7.58. The van der Waals surface area contributed by atoms with E-state index in [1.807, 2.05) is 6.92 Å². The third kappa shape index (κ3) is 4.98. The van der Waals surface area contributed by atoms with Gasteiger partial charge < -0.3 is 4.74 Å². The number of hydrogen-bond acceptors (Lipinski definition) is 1. The second-order valence-electron chi connectivity index (χ2n) is 3.75. The average Bonchev–Trinajstić information content (AvgIpc) is 2.29. The van der Waals surface area contributed by atoms with Crippen LogP contribution in [-0.2, 0) is 4.74 Å². The monoisotopic (exact) mass is 348 g/mol. The summed E-state index contributed by atoms with van der Waals surface area (Å²) in [6.07, 6.45) is 2.29. The van der Waals surface area contributed by atoms with Crippen molar-refractivity contribution in [3.05, 3.63) is 34.3 Å². The first-order chi connectivity index (χ1) is 7.77. The lowest BCUT2D eigenvalue weighted by molar-refractivity contribution is 0.142. The SMILES string of the molecule is CCOCCCC(CBr)c1cccc(Br)c1. The minimum atomic E-state index is 0.581. The van der Waals surface area contributed by atoms with Crippen LogP contribution in [0.4, 0.5) is 0 Å². The summed E-state index contributed by atoms with van der Waals surface area (Å²) in [4.78, 5) is 0. The van der Waals surface area contributed by atoms with Crippen molar-refractivity contribution in [3.8, 4) is 0 Å². The molecule has 3 heteroatoms. The van der Waals surface area contributed by atoms with E-state index in [1.54, 1.807) is 0 Å². The van der Waals surface area contributed by atoms with Crippen molar-refractivity contribution in [1.29, 1.82) is 0 Å². The Bertz CT molecular complexity index is 302. The van der Waals surface area contributed by atoms with Crippen molar-refractivity contribution >= 4 is 31.9 Å². The predicted octanol–water partition coefficient (Wildman–Crippen LogP) is 4.74. The molecule has 1 aromatic rings. The fourth-order valence-electron chi connectivity index (χ4n) is 1.67. The molecule has 1 nitrogen and oxygen atoms in total. The fraction of sp³-hybridized carbons (Fsp3) is 0.538. The van der Waals surface area contributed by atoms with E-state index in [-0.39, 0.29) is 0 Å². The molecular formula is C13H18Br2O. The van der Waals surface area contributed by atoms with Gasteiger partial charge in [-0.3, -0.25) is 0 Å². The molecule has 0 bridgehead atoms. The van der Waals surface area contributed by atoms with Gasteiger partial charge in [0.15, 0.2) is 0 Å². The summed E-state index contributed by atoms with van der Waals surface area (Å²) in [6.45, 7) is 3.72. The lowest BCUT2D eigenvalue weighted by Gasteiger charge is -2.14. The molecule has 16 heavy (non-hydrogen) atoms. The van der Waals surface area contributed by atoms with Crippen LogP contribution in [0, 0.1) is 0 Å². The van der Waals surface area contributed by atoms with Crippen LogP contribution < -0.4 is 0 Å². The summed E-state index contributed by atoms with van der Waals surface area (Å²) < 4.78 is 6.52. The molecule has 0 heterocycles. The van der Waals surface area contributed by atoms with Gasteiger partial charge in [-0.25, -0.2) is 0 Å². The molecule has 0 aliphatic carbocycles. The lowest BCUT2D eigenvalue weighted by Crippen LogP contribution is -2.03. The van der Waals surface area contributed by atoms with Gasteiger partial charge in [-0.2, -0.15) is 0 Å². The Morgan fingerprint density at radius 3 is 2.81 bits per heavy atom. The Morgan fingerprint density at radius 1 is 1.38 bits per heavy atom. The van der Waals surface area contributed by atoms with E-state index in [1.165, 1.54) is 12.0 Å². The van der Waals surface area contributed by atoms with Crippen molar-refractivity contribution in [2.45, 2.75) is 25.7 Å². The van der Waals surface area contributed by atoms with Gasteiger partial charge in [-0.1, -0.05) is 44.0 Å². The Balaban J connectivity index is 2.47. The molecule has 0 saturated carbocycles. The molecule has 1 atom stereocenters. The van der Waals surface area contributed by atoms with E-state index in [2.05, 4.69) is 56.1 Å². The van der Waals surface area contributed by atoms with Gasteiger partial charge in [-0.15, -0.1) is 0 Å². The fourth-order valence-corrected chi connectivity index (χ4v) is 2.78. The molecule has 1 rings (SSSR count). The smallest absolute Gasteiger partial charge is 0.0466 e. The second kappa shape index (κ2) is 8.26. The van der Waals surface area contributed by atoms with Crippen LogP contribution in [0.3, 0.4) is 0 Å². The van der Waals surface area contributed by atoms with Gasteiger partial charge in [0.1, 0.15) is 0 Å². The Hall–Kier alpha value is 0.140. The van der Waals surface area contributed by atoms with Crippen molar-refractivity contribution in [2.75, 3.05) is 18.5 Å². The van der Waals surface area contributed by atoms with Gasteiger partial charge in [-0.05, 0) is 43.4 Å². The molecular weight excluding hydrogens is 332 g/mol. The normalized spacial score (nSPS) is 12.7. The Labute approximate surface area is 115 Å². The van der Waals surface area contributed by atoms with E-state index < -0.39 is 0 Å². The molecule has 0 N–H and O–H groups in total. The van der Waals surface area contributed by atoms with Gasteiger partial charge in [0.2, 0.25) is 0 Å². The van der Waals surface area contributed by atoms with Crippen LogP contribution in [0.2, 0.25) is 0 Å². The lowest BCUT2D eigenvalue weighted by atomic mass is 9.96.